The van der Waals surface area contributed by atoms with E-state index in [0.717, 1.165) is 62.9 Å². The van der Waals surface area contributed by atoms with Crippen LogP contribution in [0.15, 0.2) is 59.5 Å². The van der Waals surface area contributed by atoms with E-state index in [-0.39, 0.29) is 29.5 Å². The fraction of sp³-hybridized carbons (Fsp3) is 0.700. The molecule has 2 aromatic carbocycles. The van der Waals surface area contributed by atoms with Crippen molar-refractivity contribution in [2.45, 2.75) is 165 Å². The van der Waals surface area contributed by atoms with Crippen LogP contribution in [0.25, 0.3) is 0 Å². The minimum Gasteiger partial charge on any atom is -0.415 e. The number of unbranched alkanes of at least 4 members (excludes halogenated alkanes) is 8. The lowest BCUT2D eigenvalue weighted by Crippen LogP contribution is -2.71. The van der Waals surface area contributed by atoms with E-state index in [2.05, 4.69) is 46.0 Å². The zero-order valence-electron chi connectivity index (χ0n) is 31.3. The van der Waals surface area contributed by atoms with Gasteiger partial charge in [0.25, 0.3) is 0 Å². The van der Waals surface area contributed by atoms with E-state index >= 15 is 0 Å². The highest BCUT2D eigenvalue weighted by molar-refractivity contribution is 7.89. The molecule has 0 saturated carbocycles. The summed E-state index contributed by atoms with van der Waals surface area (Å²) in [7, 11) is -5.85. The highest BCUT2D eigenvalue weighted by atomic mass is 32.2. The number of nitrogens with zero attached hydrogens (tertiary/aromatic N) is 1. The molecule has 2 aliphatic heterocycles. The Labute approximate surface area is 299 Å². The molecule has 0 amide bonds. The van der Waals surface area contributed by atoms with E-state index < -0.39 is 18.3 Å². The number of ether oxygens (including phenoxy) is 3. The Bertz CT molecular complexity index is 1320. The van der Waals surface area contributed by atoms with Crippen LogP contribution in [0.2, 0.25) is 18.1 Å². The average molecular weight is 716 g/mol. The van der Waals surface area contributed by atoms with Gasteiger partial charge in [0.05, 0.1) is 36.3 Å². The summed E-state index contributed by atoms with van der Waals surface area (Å²) < 4.78 is 55.1. The summed E-state index contributed by atoms with van der Waals surface area (Å²) in [6, 6.07) is 16.8. The van der Waals surface area contributed by atoms with Gasteiger partial charge in [0.2, 0.25) is 10.0 Å². The van der Waals surface area contributed by atoms with Crippen LogP contribution in [0.5, 0.6) is 0 Å². The molecule has 9 heteroatoms. The summed E-state index contributed by atoms with van der Waals surface area (Å²) in [5, 5.41) is 0.0234. The number of aryl methyl sites for hydroxylation is 1. The lowest BCUT2D eigenvalue weighted by atomic mass is 9.88. The van der Waals surface area contributed by atoms with E-state index in [0.29, 0.717) is 18.1 Å². The second kappa shape index (κ2) is 19.3. The quantitative estimate of drug-likeness (QED) is 0.0947. The Hall–Kier alpha value is -1.59. The number of hydrogen-bond acceptors (Lipinski definition) is 6. The molecule has 49 heavy (non-hydrogen) atoms. The van der Waals surface area contributed by atoms with Gasteiger partial charge in [-0.1, -0.05) is 120 Å². The monoisotopic (exact) mass is 715 g/mol. The van der Waals surface area contributed by atoms with E-state index in [9.17, 15) is 8.42 Å². The SMILES string of the molecule is Cc1ccc(S(=O)(=O)N2[C@H](CO[Si](C)(C)C(C)(C)C)[C@H](OCc3ccccc3)[C@@H]2CCCCCCCCCCCOC2CCCCO2)cc1. The molecule has 0 bridgehead atoms. The van der Waals surface area contributed by atoms with Gasteiger partial charge >= 0.3 is 0 Å². The van der Waals surface area contributed by atoms with E-state index in [4.69, 9.17) is 18.6 Å². The predicted octanol–water partition coefficient (Wildman–Crippen LogP) is 9.79. The second-order valence-corrected chi connectivity index (χ2v) is 22.4. The van der Waals surface area contributed by atoms with Crippen molar-refractivity contribution in [2.75, 3.05) is 19.8 Å². The molecule has 1 unspecified atom stereocenters. The largest absolute Gasteiger partial charge is 0.415 e. The number of rotatable bonds is 21. The summed E-state index contributed by atoms with van der Waals surface area (Å²) in [6.45, 7) is 15.5. The maximum Gasteiger partial charge on any atom is 0.243 e. The van der Waals surface area contributed by atoms with Gasteiger partial charge in [0.1, 0.15) is 0 Å². The summed E-state index contributed by atoms with van der Waals surface area (Å²) in [5.41, 5.74) is 2.13. The Kier molecular flexibility index (Phi) is 15.8. The fourth-order valence-corrected chi connectivity index (χ4v) is 9.45. The van der Waals surface area contributed by atoms with Crippen LogP contribution in [0.4, 0.5) is 0 Å². The van der Waals surface area contributed by atoms with Crippen LogP contribution in [0.1, 0.15) is 115 Å². The van der Waals surface area contributed by atoms with Crippen LogP contribution in [0, 0.1) is 6.92 Å². The molecule has 0 aliphatic carbocycles. The third kappa shape index (κ3) is 12.0. The number of benzene rings is 2. The molecule has 2 aliphatic rings. The Balaban J connectivity index is 1.32. The van der Waals surface area contributed by atoms with Gasteiger partial charge in [-0.25, -0.2) is 8.42 Å². The molecule has 0 N–H and O–H groups in total. The van der Waals surface area contributed by atoms with Crippen LogP contribution >= 0.6 is 0 Å². The summed E-state index contributed by atoms with van der Waals surface area (Å²) in [4.78, 5) is 0.343. The number of sulfonamides is 1. The lowest BCUT2D eigenvalue weighted by molar-refractivity contribution is -0.162. The molecule has 4 rings (SSSR count). The van der Waals surface area contributed by atoms with Crippen LogP contribution in [-0.4, -0.2) is 65.3 Å². The molecule has 0 radical (unpaired) electrons. The molecular formula is C40H65NO6SSi. The molecule has 4 atom stereocenters. The molecular weight excluding hydrogens is 651 g/mol. The second-order valence-electron chi connectivity index (χ2n) is 15.8. The van der Waals surface area contributed by atoms with Gasteiger partial charge in [-0.05, 0) is 74.9 Å². The predicted molar refractivity (Wildman–Crippen MR) is 202 cm³/mol. The summed E-state index contributed by atoms with van der Waals surface area (Å²) in [6.07, 6.45) is 14.5. The highest BCUT2D eigenvalue weighted by Crippen LogP contribution is 2.42. The third-order valence-corrected chi connectivity index (χ3v) is 17.3. The number of hydrogen-bond donors (Lipinski definition) is 0. The highest BCUT2D eigenvalue weighted by Gasteiger charge is 2.55. The molecule has 0 spiro atoms. The van der Waals surface area contributed by atoms with Crippen molar-refractivity contribution in [1.29, 1.82) is 0 Å². The summed E-state index contributed by atoms with van der Waals surface area (Å²) >= 11 is 0. The van der Waals surface area contributed by atoms with Crippen molar-refractivity contribution in [3.63, 3.8) is 0 Å². The van der Waals surface area contributed by atoms with Gasteiger partial charge in [0, 0.05) is 13.2 Å². The van der Waals surface area contributed by atoms with Crippen molar-refractivity contribution >= 4 is 18.3 Å². The van der Waals surface area contributed by atoms with Crippen LogP contribution < -0.4 is 0 Å². The normalized spacial score (nSPS) is 22.2. The molecule has 0 aromatic heterocycles. The fourth-order valence-electron chi connectivity index (χ4n) is 6.59. The topological polar surface area (TPSA) is 74.3 Å². The Morgan fingerprint density at radius 2 is 1.45 bits per heavy atom. The van der Waals surface area contributed by atoms with Crippen LogP contribution in [-0.2, 0) is 35.3 Å². The zero-order chi connectivity index (χ0) is 35.3. The van der Waals surface area contributed by atoms with Gasteiger partial charge in [-0.3, -0.25) is 0 Å². The van der Waals surface area contributed by atoms with Crippen molar-refractivity contribution in [3.05, 3.63) is 65.7 Å². The first-order chi connectivity index (χ1) is 23.4. The summed E-state index contributed by atoms with van der Waals surface area (Å²) in [5.74, 6) is 0. The Morgan fingerprint density at radius 3 is 2.06 bits per heavy atom. The maximum absolute atomic E-state index is 14.3. The average Bonchev–Trinajstić information content (AvgIpc) is 3.06. The molecule has 2 heterocycles. The minimum absolute atomic E-state index is 0.0234. The van der Waals surface area contributed by atoms with Crippen molar-refractivity contribution < 1.29 is 27.1 Å². The molecule has 2 aromatic rings. The van der Waals surface area contributed by atoms with E-state index in [1.165, 1.54) is 44.9 Å². The first-order valence-corrected chi connectivity index (χ1v) is 23.4. The smallest absolute Gasteiger partial charge is 0.243 e. The van der Waals surface area contributed by atoms with Gasteiger partial charge in [0.15, 0.2) is 14.6 Å². The molecule has 2 saturated heterocycles. The van der Waals surface area contributed by atoms with Crippen molar-refractivity contribution in [1.82, 2.24) is 4.31 Å². The zero-order valence-corrected chi connectivity index (χ0v) is 33.1. The van der Waals surface area contributed by atoms with Gasteiger partial charge in [-0.2, -0.15) is 4.31 Å². The van der Waals surface area contributed by atoms with Gasteiger partial charge < -0.3 is 18.6 Å². The Morgan fingerprint density at radius 1 is 0.816 bits per heavy atom. The van der Waals surface area contributed by atoms with Crippen molar-refractivity contribution in [3.8, 4) is 0 Å². The standard InChI is InChI=1S/C40H65NO6SSi/c1-33-25-27-35(28-26-33)48(42,43)41-36(23-17-12-10-8-7-9-11-13-19-29-44-38-24-18-20-30-45-38)39(46-31-34-21-15-14-16-22-34)37(41)32-47-49(5,6)40(2,3)4/h14-16,21-22,25-28,36-39H,7-13,17-20,23-24,29-32H2,1-6H3/t36-,37+,38?,39+/m0/s1. The first-order valence-electron chi connectivity index (χ1n) is 19.0. The lowest BCUT2D eigenvalue weighted by Gasteiger charge is -2.54. The van der Waals surface area contributed by atoms with Crippen molar-refractivity contribution in [2.24, 2.45) is 0 Å². The van der Waals surface area contributed by atoms with E-state index in [1.54, 1.807) is 16.4 Å². The van der Waals surface area contributed by atoms with E-state index in [1.807, 2.05) is 37.3 Å². The minimum atomic E-state index is -3.73. The molecule has 276 valence electrons. The molecule has 2 fully saturated rings. The molecule has 7 nitrogen and oxygen atoms in total. The maximum atomic E-state index is 14.3. The van der Waals surface area contributed by atoms with Gasteiger partial charge in [-0.15, -0.1) is 0 Å². The third-order valence-electron chi connectivity index (χ3n) is 10.8. The first kappa shape index (κ1) is 40.2. The van der Waals surface area contributed by atoms with Crippen LogP contribution in [0.3, 0.4) is 0 Å².